The van der Waals surface area contributed by atoms with Gasteiger partial charge in [-0.3, -0.25) is 0 Å². The van der Waals surface area contributed by atoms with Crippen LogP contribution in [0.3, 0.4) is 0 Å². The van der Waals surface area contributed by atoms with Crippen LogP contribution in [-0.4, -0.2) is 32.5 Å². The van der Waals surface area contributed by atoms with E-state index in [9.17, 15) is 0 Å². The second-order valence-electron chi connectivity index (χ2n) is 6.09. The predicted octanol–water partition coefficient (Wildman–Crippen LogP) is 5.94. The van der Waals surface area contributed by atoms with Gasteiger partial charge in [0.05, 0.1) is 21.3 Å². The molecule has 0 aliphatic heterocycles. The fourth-order valence-electron chi connectivity index (χ4n) is 2.82. The highest BCUT2D eigenvalue weighted by molar-refractivity contribution is 7.99. The normalized spacial score (nSPS) is 14.8. The van der Waals surface area contributed by atoms with Gasteiger partial charge >= 0.3 is 0 Å². The molecule has 0 aromatic heterocycles. The van der Waals surface area contributed by atoms with Crippen LogP contribution >= 0.6 is 23.4 Å². The fourth-order valence-corrected chi connectivity index (χ4v) is 4.21. The second kappa shape index (κ2) is 11.0. The lowest BCUT2D eigenvalue weighted by Crippen LogP contribution is -2.08. The summed E-state index contributed by atoms with van der Waals surface area (Å²) >= 11 is 8.04. The number of methoxy groups -OCH3 is 3. The highest BCUT2D eigenvalue weighted by Gasteiger charge is 2.24. The van der Waals surface area contributed by atoms with Crippen LogP contribution < -0.4 is 14.2 Å². The number of hydrogen-bond donors (Lipinski definition) is 0. The highest BCUT2D eigenvalue weighted by atomic mass is 35.5. The van der Waals surface area contributed by atoms with E-state index < -0.39 is 0 Å². The number of ether oxygens (including phenoxy) is 3. The molecule has 0 spiro atoms. The standard InChI is InChI=1S/C19H31ClO3S/c1-7-24-18(10-13(2)8-9-14(3)20)19-16(22-5)11-15(21-4)12-17(19)23-6/h11-14,18H,7-10H2,1-6H3. The van der Waals surface area contributed by atoms with E-state index in [4.69, 9.17) is 25.8 Å². The van der Waals surface area contributed by atoms with Gasteiger partial charge in [-0.05, 0) is 37.9 Å². The molecule has 1 rings (SSSR count). The zero-order valence-corrected chi connectivity index (χ0v) is 17.3. The summed E-state index contributed by atoms with van der Waals surface area (Å²) in [5.74, 6) is 4.04. The molecule has 1 aromatic rings. The molecule has 0 amide bonds. The number of hydrogen-bond acceptors (Lipinski definition) is 4. The largest absolute Gasteiger partial charge is 0.496 e. The van der Waals surface area contributed by atoms with Gasteiger partial charge in [-0.15, -0.1) is 11.6 Å². The fraction of sp³-hybridized carbons (Fsp3) is 0.684. The molecule has 3 nitrogen and oxygen atoms in total. The first-order chi connectivity index (χ1) is 11.5. The molecule has 0 fully saturated rings. The van der Waals surface area contributed by atoms with E-state index in [1.54, 1.807) is 21.3 Å². The third-order valence-corrected chi connectivity index (χ3v) is 5.50. The first-order valence-electron chi connectivity index (χ1n) is 8.52. The van der Waals surface area contributed by atoms with Crippen LogP contribution in [0.2, 0.25) is 0 Å². The summed E-state index contributed by atoms with van der Waals surface area (Å²) < 4.78 is 16.6. The molecule has 0 saturated carbocycles. The van der Waals surface area contributed by atoms with Crippen molar-refractivity contribution in [3.8, 4) is 17.2 Å². The van der Waals surface area contributed by atoms with Gasteiger partial charge in [0.15, 0.2) is 0 Å². The zero-order valence-electron chi connectivity index (χ0n) is 15.7. The Hall–Kier alpha value is -0.740. The van der Waals surface area contributed by atoms with E-state index in [-0.39, 0.29) is 5.38 Å². The van der Waals surface area contributed by atoms with Crippen LogP contribution in [0.25, 0.3) is 0 Å². The molecular weight excluding hydrogens is 344 g/mol. The molecule has 0 radical (unpaired) electrons. The summed E-state index contributed by atoms with van der Waals surface area (Å²) in [6.45, 7) is 6.54. The van der Waals surface area contributed by atoms with Crippen molar-refractivity contribution in [3.63, 3.8) is 0 Å². The van der Waals surface area contributed by atoms with Gasteiger partial charge in [0.25, 0.3) is 0 Å². The van der Waals surface area contributed by atoms with E-state index in [2.05, 4.69) is 20.8 Å². The quantitative estimate of drug-likeness (QED) is 0.448. The Morgan fingerprint density at radius 1 is 1.00 bits per heavy atom. The summed E-state index contributed by atoms with van der Waals surface area (Å²) in [6, 6.07) is 3.87. The van der Waals surface area contributed by atoms with Crippen molar-refractivity contribution >= 4 is 23.4 Å². The van der Waals surface area contributed by atoms with Gasteiger partial charge in [-0.2, -0.15) is 11.8 Å². The molecule has 3 unspecified atom stereocenters. The maximum Gasteiger partial charge on any atom is 0.130 e. The molecule has 3 atom stereocenters. The van der Waals surface area contributed by atoms with Crippen molar-refractivity contribution < 1.29 is 14.2 Å². The predicted molar refractivity (Wildman–Crippen MR) is 105 cm³/mol. The molecule has 0 bridgehead atoms. The molecule has 24 heavy (non-hydrogen) atoms. The van der Waals surface area contributed by atoms with Crippen LogP contribution in [0.15, 0.2) is 12.1 Å². The summed E-state index contributed by atoms with van der Waals surface area (Å²) in [6.07, 6.45) is 3.25. The Labute approximate surface area is 156 Å². The molecule has 0 N–H and O–H groups in total. The average Bonchev–Trinajstić information content (AvgIpc) is 2.58. The van der Waals surface area contributed by atoms with Gasteiger partial charge in [0.1, 0.15) is 17.2 Å². The van der Waals surface area contributed by atoms with Gasteiger partial charge in [0.2, 0.25) is 0 Å². The Kier molecular flexibility index (Phi) is 9.75. The topological polar surface area (TPSA) is 27.7 Å². The Bertz CT molecular complexity index is 468. The van der Waals surface area contributed by atoms with Crippen LogP contribution in [0.5, 0.6) is 17.2 Å². The minimum Gasteiger partial charge on any atom is -0.496 e. The Morgan fingerprint density at radius 3 is 2.00 bits per heavy atom. The Balaban J connectivity index is 3.09. The molecular formula is C19H31ClO3S. The van der Waals surface area contributed by atoms with Crippen LogP contribution in [0.4, 0.5) is 0 Å². The summed E-state index contributed by atoms with van der Waals surface area (Å²) in [7, 11) is 5.05. The van der Waals surface area contributed by atoms with Crippen molar-refractivity contribution in [2.45, 2.75) is 50.7 Å². The summed E-state index contributed by atoms with van der Waals surface area (Å²) in [5.41, 5.74) is 1.12. The number of benzene rings is 1. The van der Waals surface area contributed by atoms with E-state index in [1.165, 1.54) is 0 Å². The van der Waals surface area contributed by atoms with Crippen molar-refractivity contribution in [1.82, 2.24) is 0 Å². The minimum atomic E-state index is 0.231. The third kappa shape index (κ3) is 6.29. The van der Waals surface area contributed by atoms with Crippen LogP contribution in [0, 0.1) is 5.92 Å². The highest BCUT2D eigenvalue weighted by Crippen LogP contribution is 2.46. The van der Waals surface area contributed by atoms with E-state index >= 15 is 0 Å². The molecule has 0 aliphatic carbocycles. The first-order valence-corrected chi connectivity index (χ1v) is 10.0. The summed E-state index contributed by atoms with van der Waals surface area (Å²) in [5, 5.41) is 0.557. The second-order valence-corrected chi connectivity index (χ2v) is 8.31. The maximum atomic E-state index is 6.11. The molecule has 0 saturated heterocycles. The number of halogens is 1. The third-order valence-electron chi connectivity index (χ3n) is 4.12. The van der Waals surface area contributed by atoms with Crippen molar-refractivity contribution in [1.29, 1.82) is 0 Å². The lowest BCUT2D eigenvalue weighted by atomic mass is 9.94. The SMILES string of the molecule is CCSC(CC(C)CCC(C)Cl)c1c(OC)cc(OC)cc1OC. The molecule has 0 aliphatic rings. The molecule has 5 heteroatoms. The number of rotatable bonds is 11. The first kappa shape index (κ1) is 21.3. The number of alkyl halides is 1. The van der Waals surface area contributed by atoms with Gasteiger partial charge in [-0.1, -0.05) is 13.8 Å². The van der Waals surface area contributed by atoms with Crippen molar-refractivity contribution in [3.05, 3.63) is 17.7 Å². The smallest absolute Gasteiger partial charge is 0.130 e. The van der Waals surface area contributed by atoms with E-state index in [0.717, 1.165) is 47.8 Å². The molecule has 138 valence electrons. The van der Waals surface area contributed by atoms with Gasteiger partial charge in [-0.25, -0.2) is 0 Å². The van der Waals surface area contributed by atoms with E-state index in [1.807, 2.05) is 23.9 Å². The van der Waals surface area contributed by atoms with Crippen LogP contribution in [-0.2, 0) is 0 Å². The van der Waals surface area contributed by atoms with Gasteiger partial charge < -0.3 is 14.2 Å². The summed E-state index contributed by atoms with van der Waals surface area (Å²) in [4.78, 5) is 0. The number of thioether (sulfide) groups is 1. The minimum absolute atomic E-state index is 0.231. The lowest BCUT2D eigenvalue weighted by molar-refractivity contribution is 0.364. The zero-order chi connectivity index (χ0) is 18.1. The van der Waals surface area contributed by atoms with Gasteiger partial charge in [0, 0.05) is 28.3 Å². The Morgan fingerprint density at radius 2 is 1.58 bits per heavy atom. The maximum absolute atomic E-state index is 6.11. The van der Waals surface area contributed by atoms with Crippen molar-refractivity contribution in [2.24, 2.45) is 5.92 Å². The molecule has 0 heterocycles. The van der Waals surface area contributed by atoms with Crippen molar-refractivity contribution in [2.75, 3.05) is 27.1 Å². The monoisotopic (exact) mass is 374 g/mol. The van der Waals surface area contributed by atoms with E-state index in [0.29, 0.717) is 11.2 Å². The van der Waals surface area contributed by atoms with Crippen LogP contribution in [0.1, 0.15) is 50.8 Å². The molecule has 1 aromatic carbocycles. The average molecular weight is 375 g/mol. The lowest BCUT2D eigenvalue weighted by Gasteiger charge is -2.25.